The molecule has 1 aliphatic carbocycles. The van der Waals surface area contributed by atoms with Crippen molar-refractivity contribution in [3.05, 3.63) is 41.4 Å². The molecule has 40 heavy (non-hydrogen) atoms. The minimum atomic E-state index is -1.17. The number of fused-ring (bicyclic) bond motifs is 1. The topological polar surface area (TPSA) is 100 Å². The summed E-state index contributed by atoms with van der Waals surface area (Å²) in [7, 11) is 0. The van der Waals surface area contributed by atoms with E-state index >= 15 is 0 Å². The number of benzene rings is 1. The van der Waals surface area contributed by atoms with Gasteiger partial charge in [-0.2, -0.15) is 0 Å². The number of halogens is 1. The number of amides is 3. The molecule has 10 heteroatoms. The Labute approximate surface area is 240 Å². The Morgan fingerprint density at radius 1 is 1.12 bits per heavy atom. The lowest BCUT2D eigenvalue weighted by Crippen LogP contribution is -2.58. The van der Waals surface area contributed by atoms with Crippen LogP contribution in [-0.4, -0.2) is 90.7 Å². The van der Waals surface area contributed by atoms with Crippen molar-refractivity contribution in [1.29, 1.82) is 0 Å². The predicted molar refractivity (Wildman–Crippen MR) is 151 cm³/mol. The smallest absolute Gasteiger partial charge is 0.246 e. The van der Waals surface area contributed by atoms with Crippen molar-refractivity contribution in [3.8, 4) is 0 Å². The van der Waals surface area contributed by atoms with Crippen molar-refractivity contribution in [2.75, 3.05) is 44.7 Å². The first kappa shape index (κ1) is 27.7. The van der Waals surface area contributed by atoms with Crippen molar-refractivity contribution >= 4 is 35.0 Å². The van der Waals surface area contributed by atoms with E-state index in [0.29, 0.717) is 48.8 Å². The molecule has 1 aromatic carbocycles. The van der Waals surface area contributed by atoms with Crippen LogP contribution >= 0.6 is 11.6 Å². The van der Waals surface area contributed by atoms with E-state index in [9.17, 15) is 14.4 Å². The van der Waals surface area contributed by atoms with E-state index in [2.05, 4.69) is 29.4 Å². The number of carbonyl (C=O) groups is 3. The Hall–Kier alpha value is -2.46. The molecule has 1 aromatic rings. The summed E-state index contributed by atoms with van der Waals surface area (Å²) in [5, 5.41) is 6.75. The molecule has 3 amide bonds. The van der Waals surface area contributed by atoms with Gasteiger partial charge in [0.1, 0.15) is 11.6 Å². The van der Waals surface area contributed by atoms with Gasteiger partial charge in [0.2, 0.25) is 17.7 Å². The van der Waals surface area contributed by atoms with Crippen molar-refractivity contribution in [2.24, 2.45) is 23.7 Å². The molecular weight excluding hydrogens is 532 g/mol. The molecule has 3 saturated heterocycles. The van der Waals surface area contributed by atoms with Crippen molar-refractivity contribution < 1.29 is 23.9 Å². The van der Waals surface area contributed by atoms with E-state index in [4.69, 9.17) is 21.1 Å². The Morgan fingerprint density at radius 2 is 1.93 bits per heavy atom. The molecule has 216 valence electrons. The minimum Gasteiger partial charge on any atom is -0.379 e. The van der Waals surface area contributed by atoms with Crippen molar-refractivity contribution in [2.45, 2.75) is 56.9 Å². The molecule has 1 spiro atoms. The van der Waals surface area contributed by atoms with Crippen LogP contribution in [0.2, 0.25) is 5.02 Å². The number of likely N-dealkylation sites (tertiary alicyclic amines) is 1. The lowest BCUT2D eigenvalue weighted by atomic mass is 9.73. The number of nitrogens with one attached hydrogen (secondary N) is 2. The molecule has 1 saturated carbocycles. The highest BCUT2D eigenvalue weighted by atomic mass is 35.5. The minimum absolute atomic E-state index is 0.0485. The van der Waals surface area contributed by atoms with E-state index in [0.717, 1.165) is 32.4 Å². The van der Waals surface area contributed by atoms with Crippen LogP contribution in [0.3, 0.4) is 0 Å². The molecule has 4 fully saturated rings. The fourth-order valence-electron chi connectivity index (χ4n) is 7.42. The SMILES string of the molecule is CC1CCCC(NC(=O)C2N(CCN3CCOCC3)C(=O)[C@H]3C(C(=O)Nc4cccc(Cl)c4)[C@H]4C=CC23O4)C1C. The summed E-state index contributed by atoms with van der Waals surface area (Å²) in [4.78, 5) is 45.9. The first-order valence-electron chi connectivity index (χ1n) is 14.6. The summed E-state index contributed by atoms with van der Waals surface area (Å²) < 4.78 is 12.0. The Morgan fingerprint density at radius 3 is 2.70 bits per heavy atom. The molecule has 4 aliphatic heterocycles. The lowest BCUT2D eigenvalue weighted by Gasteiger charge is -2.38. The van der Waals surface area contributed by atoms with Gasteiger partial charge in [-0.05, 0) is 36.5 Å². The van der Waals surface area contributed by atoms with Gasteiger partial charge in [0.15, 0.2) is 0 Å². The largest absolute Gasteiger partial charge is 0.379 e. The first-order valence-corrected chi connectivity index (χ1v) is 15.0. The zero-order chi connectivity index (χ0) is 28.0. The number of anilines is 1. The maximum Gasteiger partial charge on any atom is 0.246 e. The second-order valence-corrected chi connectivity index (χ2v) is 12.5. The number of hydrogen-bond acceptors (Lipinski definition) is 6. The molecule has 8 atom stereocenters. The fraction of sp³-hybridized carbons (Fsp3) is 0.633. The van der Waals surface area contributed by atoms with Crippen molar-refractivity contribution in [1.82, 2.24) is 15.1 Å². The van der Waals surface area contributed by atoms with E-state index in [-0.39, 0.29) is 23.8 Å². The molecule has 0 aromatic heterocycles. The quantitative estimate of drug-likeness (QED) is 0.489. The van der Waals surface area contributed by atoms with Crippen LogP contribution < -0.4 is 10.6 Å². The second-order valence-electron chi connectivity index (χ2n) is 12.1. The number of ether oxygens (including phenoxy) is 2. The monoisotopic (exact) mass is 570 g/mol. The van der Waals surface area contributed by atoms with Crippen LogP contribution in [0.15, 0.2) is 36.4 Å². The standard InChI is InChI=1S/C30H39ClN4O5/c1-18-5-3-8-22(19(18)2)33-28(37)26-30-10-9-23(40-30)24(27(36)32-21-7-4-6-20(31)17-21)25(30)29(38)35(26)12-11-34-13-15-39-16-14-34/h4,6-7,9-10,17-19,22-26H,3,5,8,11-16H2,1-2H3,(H,32,36)(H,33,37)/t18?,19?,22?,23-,24?,25-,26?,30?/m1/s1. The third-order valence-corrected chi connectivity index (χ3v) is 10.0. The lowest BCUT2D eigenvalue weighted by molar-refractivity contribution is -0.142. The summed E-state index contributed by atoms with van der Waals surface area (Å²) in [6.07, 6.45) is 6.30. The van der Waals surface area contributed by atoms with Gasteiger partial charge < -0.3 is 25.0 Å². The normalized spacial score (nSPS) is 37.0. The van der Waals surface area contributed by atoms with E-state index in [1.165, 1.54) is 0 Å². The third-order valence-electron chi connectivity index (χ3n) is 9.81. The molecule has 4 heterocycles. The van der Waals surface area contributed by atoms with Crippen LogP contribution in [0.25, 0.3) is 0 Å². The van der Waals surface area contributed by atoms with Crippen LogP contribution in [-0.2, 0) is 23.9 Å². The molecule has 2 bridgehead atoms. The van der Waals surface area contributed by atoms with Gasteiger partial charge in [-0.15, -0.1) is 0 Å². The molecule has 9 nitrogen and oxygen atoms in total. The number of morpholine rings is 1. The number of rotatable bonds is 7. The highest BCUT2D eigenvalue weighted by molar-refractivity contribution is 6.30. The third kappa shape index (κ3) is 4.85. The summed E-state index contributed by atoms with van der Waals surface area (Å²) in [6.45, 7) is 8.32. The summed E-state index contributed by atoms with van der Waals surface area (Å²) >= 11 is 6.13. The predicted octanol–water partition coefficient (Wildman–Crippen LogP) is 2.70. The highest BCUT2D eigenvalue weighted by Crippen LogP contribution is 2.55. The Bertz CT molecular complexity index is 1190. The molecule has 0 radical (unpaired) electrons. The van der Waals surface area contributed by atoms with Gasteiger partial charge in [-0.25, -0.2) is 0 Å². The zero-order valence-corrected chi connectivity index (χ0v) is 23.9. The number of carbonyl (C=O) groups excluding carboxylic acids is 3. The Balaban J connectivity index is 1.27. The maximum absolute atomic E-state index is 14.2. The molecular formula is C30H39ClN4O5. The zero-order valence-electron chi connectivity index (χ0n) is 23.2. The van der Waals surface area contributed by atoms with E-state index in [1.54, 1.807) is 29.2 Å². The van der Waals surface area contributed by atoms with Crippen molar-refractivity contribution in [3.63, 3.8) is 0 Å². The van der Waals surface area contributed by atoms with Gasteiger partial charge in [0.05, 0.1) is 31.2 Å². The van der Waals surface area contributed by atoms with Gasteiger partial charge in [-0.1, -0.05) is 56.5 Å². The van der Waals surface area contributed by atoms with Gasteiger partial charge >= 0.3 is 0 Å². The van der Waals surface area contributed by atoms with E-state index in [1.807, 2.05) is 12.2 Å². The van der Waals surface area contributed by atoms with Gasteiger partial charge in [0, 0.05) is 42.9 Å². The van der Waals surface area contributed by atoms with Gasteiger partial charge in [-0.3, -0.25) is 19.3 Å². The summed E-state index contributed by atoms with van der Waals surface area (Å²) in [6, 6.07) is 6.15. The van der Waals surface area contributed by atoms with Crippen LogP contribution in [0.1, 0.15) is 33.1 Å². The Kier molecular flexibility index (Phi) is 7.67. The molecule has 5 aliphatic rings. The van der Waals surface area contributed by atoms with Crippen LogP contribution in [0.5, 0.6) is 0 Å². The van der Waals surface area contributed by atoms with Crippen LogP contribution in [0, 0.1) is 23.7 Å². The average Bonchev–Trinajstić information content (AvgIpc) is 3.58. The average molecular weight is 571 g/mol. The summed E-state index contributed by atoms with van der Waals surface area (Å²) in [5.74, 6) is -1.34. The second kappa shape index (κ2) is 11.1. The molecule has 2 N–H and O–H groups in total. The highest BCUT2D eigenvalue weighted by Gasteiger charge is 2.72. The molecule has 6 unspecified atom stereocenters. The van der Waals surface area contributed by atoms with E-state index < -0.39 is 29.6 Å². The van der Waals surface area contributed by atoms with Gasteiger partial charge in [0.25, 0.3) is 0 Å². The van der Waals surface area contributed by atoms with Crippen LogP contribution in [0.4, 0.5) is 5.69 Å². The molecule has 6 rings (SSSR count). The summed E-state index contributed by atoms with van der Waals surface area (Å²) in [5.41, 5.74) is -0.612. The number of nitrogens with zero attached hydrogens (tertiary/aromatic N) is 2. The maximum atomic E-state index is 14.2. The first-order chi connectivity index (χ1) is 19.3. The fourth-order valence-corrected chi connectivity index (χ4v) is 7.61. The number of hydrogen-bond donors (Lipinski definition) is 2.